The van der Waals surface area contributed by atoms with Gasteiger partial charge in [-0.2, -0.15) is 0 Å². The molecule has 144 valence electrons. The third-order valence-corrected chi connectivity index (χ3v) is 5.75. The fraction of sp³-hybridized carbons (Fsp3) is 0.429. The van der Waals surface area contributed by atoms with Crippen LogP contribution in [0, 0.1) is 0 Å². The molecule has 2 aromatic rings. The summed E-state index contributed by atoms with van der Waals surface area (Å²) in [6.07, 6.45) is 0. The highest BCUT2D eigenvalue weighted by molar-refractivity contribution is 8.00. The minimum Gasteiger partial charge on any atom is -0.487 e. The molecule has 1 aliphatic heterocycles. The number of ether oxygens (including phenoxy) is 1. The molecule has 3 rings (SSSR count). The molecule has 1 fully saturated rings. The number of anilines is 1. The Balaban J connectivity index is 1.82. The maximum atomic E-state index is 6.19. The zero-order valence-corrected chi connectivity index (χ0v) is 17.6. The molecule has 0 radical (unpaired) electrons. The highest BCUT2D eigenvalue weighted by Crippen LogP contribution is 2.37. The second-order valence-electron chi connectivity index (χ2n) is 7.65. The molecule has 1 N–H and O–H groups in total. The summed E-state index contributed by atoms with van der Waals surface area (Å²) < 4.78 is 21.9. The van der Waals surface area contributed by atoms with Gasteiger partial charge in [0.15, 0.2) is 0 Å². The van der Waals surface area contributed by atoms with Gasteiger partial charge in [-0.05, 0) is 50.9 Å². The highest BCUT2D eigenvalue weighted by Gasteiger charge is 2.51. The lowest BCUT2D eigenvalue weighted by Gasteiger charge is -2.32. The lowest BCUT2D eigenvalue weighted by molar-refractivity contribution is 0.00578. The van der Waals surface area contributed by atoms with Crippen LogP contribution in [0.25, 0.3) is 0 Å². The van der Waals surface area contributed by atoms with Crippen LogP contribution in [0.5, 0.6) is 5.75 Å². The summed E-state index contributed by atoms with van der Waals surface area (Å²) in [4.78, 5) is 0. The van der Waals surface area contributed by atoms with Crippen LogP contribution in [0.15, 0.2) is 48.5 Å². The van der Waals surface area contributed by atoms with Crippen LogP contribution >= 0.6 is 11.9 Å². The summed E-state index contributed by atoms with van der Waals surface area (Å²) in [5.74, 6) is 1.77. The van der Waals surface area contributed by atoms with Gasteiger partial charge in [0.1, 0.15) is 12.4 Å². The van der Waals surface area contributed by atoms with Crippen molar-refractivity contribution in [3.8, 4) is 5.75 Å². The summed E-state index contributed by atoms with van der Waals surface area (Å²) in [7, 11) is -0.401. The van der Waals surface area contributed by atoms with Gasteiger partial charge in [0, 0.05) is 5.75 Å². The average Bonchev–Trinajstić information content (AvgIpc) is 2.87. The summed E-state index contributed by atoms with van der Waals surface area (Å²) in [5, 5.41) is 0. The second kappa shape index (κ2) is 8.17. The summed E-state index contributed by atoms with van der Waals surface area (Å²) in [6, 6.07) is 16.3. The topological polar surface area (TPSA) is 39.7 Å². The molecule has 0 atom stereocenters. The molecule has 0 unspecified atom stereocenters. The van der Waals surface area contributed by atoms with Crippen molar-refractivity contribution in [3.05, 3.63) is 54.1 Å². The Kier molecular flexibility index (Phi) is 6.09. The van der Waals surface area contributed by atoms with Crippen molar-refractivity contribution in [3.63, 3.8) is 0 Å². The zero-order valence-electron chi connectivity index (χ0n) is 16.7. The summed E-state index contributed by atoms with van der Waals surface area (Å²) >= 11 is 1.64. The van der Waals surface area contributed by atoms with Crippen LogP contribution in [0.4, 0.5) is 5.69 Å². The summed E-state index contributed by atoms with van der Waals surface area (Å²) in [5.41, 5.74) is 2.32. The Bertz CT molecular complexity index is 751. The van der Waals surface area contributed by atoms with Gasteiger partial charge >= 0.3 is 7.12 Å². The monoisotopic (exact) mass is 385 g/mol. The molecule has 0 bridgehead atoms. The Morgan fingerprint density at radius 2 is 1.67 bits per heavy atom. The van der Waals surface area contributed by atoms with Gasteiger partial charge in [0.05, 0.1) is 16.9 Å². The van der Waals surface area contributed by atoms with Gasteiger partial charge in [-0.25, -0.2) is 0 Å². The molecule has 0 spiro atoms. The number of rotatable bonds is 7. The van der Waals surface area contributed by atoms with E-state index in [0.29, 0.717) is 6.61 Å². The van der Waals surface area contributed by atoms with E-state index in [1.807, 2.05) is 36.4 Å². The van der Waals surface area contributed by atoms with E-state index < -0.39 is 7.12 Å². The van der Waals surface area contributed by atoms with Crippen molar-refractivity contribution in [1.82, 2.24) is 0 Å². The van der Waals surface area contributed by atoms with Crippen LogP contribution < -0.4 is 14.9 Å². The normalized spacial score (nSPS) is 17.7. The Labute approximate surface area is 167 Å². The van der Waals surface area contributed by atoms with E-state index in [4.69, 9.17) is 14.0 Å². The first-order valence-electron chi connectivity index (χ1n) is 9.36. The minimum absolute atomic E-state index is 0.363. The standard InChI is InChI=1S/C21H28BNO3S/c1-6-27-23-18-13-12-17(22-25-20(2,3)21(4,5)26-22)14-19(18)24-15-16-10-8-7-9-11-16/h7-14,23H,6,15H2,1-5H3. The lowest BCUT2D eigenvalue weighted by atomic mass is 9.79. The van der Waals surface area contributed by atoms with Gasteiger partial charge in [-0.1, -0.05) is 55.3 Å². The van der Waals surface area contributed by atoms with Crippen molar-refractivity contribution in [2.24, 2.45) is 0 Å². The predicted octanol–water partition coefficient (Wildman–Crippen LogP) is 4.64. The van der Waals surface area contributed by atoms with Gasteiger partial charge in [0.2, 0.25) is 0 Å². The van der Waals surface area contributed by atoms with Crippen molar-refractivity contribution in [1.29, 1.82) is 0 Å². The van der Waals surface area contributed by atoms with E-state index in [1.165, 1.54) is 0 Å². The molecule has 1 saturated heterocycles. The molecule has 0 saturated carbocycles. The van der Waals surface area contributed by atoms with Crippen LogP contribution in [0.2, 0.25) is 0 Å². The first-order chi connectivity index (χ1) is 12.8. The fourth-order valence-electron chi connectivity index (χ4n) is 2.75. The van der Waals surface area contributed by atoms with Crippen LogP contribution in [0.3, 0.4) is 0 Å². The molecular weight excluding hydrogens is 357 g/mol. The first-order valence-corrected chi connectivity index (χ1v) is 10.3. The summed E-state index contributed by atoms with van der Waals surface area (Å²) in [6.45, 7) is 10.9. The average molecular weight is 385 g/mol. The van der Waals surface area contributed by atoms with E-state index in [9.17, 15) is 0 Å². The maximum Gasteiger partial charge on any atom is 0.494 e. The molecule has 1 aliphatic rings. The molecule has 0 aliphatic carbocycles. The largest absolute Gasteiger partial charge is 0.494 e. The Morgan fingerprint density at radius 3 is 2.30 bits per heavy atom. The van der Waals surface area contributed by atoms with E-state index in [-0.39, 0.29) is 11.2 Å². The fourth-order valence-corrected chi connectivity index (χ4v) is 3.22. The molecule has 1 heterocycles. The SMILES string of the molecule is CCSNc1ccc(B2OC(C)(C)C(C)(C)O2)cc1OCc1ccccc1. The highest BCUT2D eigenvalue weighted by atomic mass is 32.2. The molecular formula is C21H28BNO3S. The van der Waals surface area contributed by atoms with Crippen molar-refractivity contribution >= 4 is 30.2 Å². The van der Waals surface area contributed by atoms with Crippen molar-refractivity contribution in [2.75, 3.05) is 10.5 Å². The van der Waals surface area contributed by atoms with E-state index in [0.717, 1.165) is 28.2 Å². The third kappa shape index (κ3) is 4.62. The third-order valence-electron chi connectivity index (χ3n) is 5.09. The van der Waals surface area contributed by atoms with E-state index in [2.05, 4.69) is 51.5 Å². The molecule has 0 amide bonds. The minimum atomic E-state index is -0.401. The van der Waals surface area contributed by atoms with Crippen molar-refractivity contribution in [2.45, 2.75) is 52.4 Å². The molecule has 6 heteroatoms. The number of hydrogen-bond acceptors (Lipinski definition) is 5. The molecule has 0 aromatic heterocycles. The van der Waals surface area contributed by atoms with E-state index >= 15 is 0 Å². The van der Waals surface area contributed by atoms with Crippen LogP contribution in [-0.4, -0.2) is 24.1 Å². The van der Waals surface area contributed by atoms with Crippen molar-refractivity contribution < 1.29 is 14.0 Å². The lowest BCUT2D eigenvalue weighted by Crippen LogP contribution is -2.41. The smallest absolute Gasteiger partial charge is 0.487 e. The van der Waals surface area contributed by atoms with Gasteiger partial charge in [-0.3, -0.25) is 0 Å². The van der Waals surface area contributed by atoms with E-state index in [1.54, 1.807) is 11.9 Å². The van der Waals surface area contributed by atoms with Gasteiger partial charge in [0.25, 0.3) is 0 Å². The number of nitrogens with one attached hydrogen (secondary N) is 1. The number of hydrogen-bond donors (Lipinski definition) is 1. The number of benzene rings is 2. The second-order valence-corrected chi connectivity index (χ2v) is 8.72. The van der Waals surface area contributed by atoms with Crippen LogP contribution in [-0.2, 0) is 15.9 Å². The van der Waals surface area contributed by atoms with Crippen LogP contribution in [0.1, 0.15) is 40.2 Å². The Morgan fingerprint density at radius 1 is 1.00 bits per heavy atom. The van der Waals surface area contributed by atoms with Gasteiger partial charge in [-0.15, -0.1) is 0 Å². The maximum absolute atomic E-state index is 6.19. The molecule has 27 heavy (non-hydrogen) atoms. The Hall–Kier alpha value is -1.63. The zero-order chi connectivity index (χ0) is 19.5. The predicted molar refractivity (Wildman–Crippen MR) is 115 cm³/mol. The molecule has 4 nitrogen and oxygen atoms in total. The first kappa shape index (κ1) is 20.1. The molecule has 2 aromatic carbocycles. The quantitative estimate of drug-likeness (QED) is 0.555. The van der Waals surface area contributed by atoms with Gasteiger partial charge < -0.3 is 18.8 Å².